The van der Waals surface area contributed by atoms with Crippen LogP contribution in [0.25, 0.3) is 0 Å². The summed E-state index contributed by atoms with van der Waals surface area (Å²) in [5, 5.41) is 13.6. The molecule has 0 aliphatic carbocycles. The van der Waals surface area contributed by atoms with E-state index in [0.29, 0.717) is 5.02 Å². The minimum atomic E-state index is -0.137. The lowest BCUT2D eigenvalue weighted by Gasteiger charge is -2.18. The van der Waals surface area contributed by atoms with Gasteiger partial charge in [-0.05, 0) is 47.5 Å². The smallest absolute Gasteiger partial charge is 0.122 e. The third-order valence-electron chi connectivity index (χ3n) is 3.48. The van der Waals surface area contributed by atoms with E-state index in [9.17, 15) is 5.11 Å². The van der Waals surface area contributed by atoms with Gasteiger partial charge in [-0.2, -0.15) is 0 Å². The van der Waals surface area contributed by atoms with Gasteiger partial charge in [0.15, 0.2) is 0 Å². The molecule has 0 saturated heterocycles. The number of aliphatic hydroxyl groups is 1. The fraction of sp³-hybridized carbons (Fsp3) is 0.250. The van der Waals surface area contributed by atoms with Gasteiger partial charge >= 0.3 is 0 Å². The molecule has 1 unspecified atom stereocenters. The third-order valence-corrected chi connectivity index (χ3v) is 3.74. The molecular weight excluding hydrogens is 274 g/mol. The van der Waals surface area contributed by atoms with Crippen LogP contribution >= 0.6 is 11.6 Å². The molecule has 0 amide bonds. The second-order valence-electron chi connectivity index (χ2n) is 4.85. The first-order chi connectivity index (χ1) is 9.76. The van der Waals surface area contributed by atoms with Crippen LogP contribution in [-0.4, -0.2) is 18.3 Å². The Kier molecular flexibility index (Phi) is 3.81. The predicted octanol–water partition coefficient (Wildman–Crippen LogP) is 3.42. The Morgan fingerprint density at radius 1 is 1.20 bits per heavy atom. The summed E-state index contributed by atoms with van der Waals surface area (Å²) < 4.78 is 5.50. The van der Waals surface area contributed by atoms with Crippen molar-refractivity contribution in [1.82, 2.24) is 0 Å². The van der Waals surface area contributed by atoms with Gasteiger partial charge in [0.25, 0.3) is 0 Å². The first-order valence-electron chi connectivity index (χ1n) is 6.65. The van der Waals surface area contributed by atoms with E-state index in [2.05, 4.69) is 11.4 Å². The molecule has 1 atom stereocenters. The van der Waals surface area contributed by atoms with Crippen LogP contribution in [0.1, 0.15) is 17.2 Å². The predicted molar refractivity (Wildman–Crippen MR) is 80.5 cm³/mol. The van der Waals surface area contributed by atoms with Crippen molar-refractivity contribution in [2.24, 2.45) is 0 Å². The van der Waals surface area contributed by atoms with Crippen molar-refractivity contribution in [2.75, 3.05) is 18.5 Å². The Morgan fingerprint density at radius 3 is 2.75 bits per heavy atom. The molecule has 2 aromatic rings. The summed E-state index contributed by atoms with van der Waals surface area (Å²) in [6.07, 6.45) is 0.933. The van der Waals surface area contributed by atoms with Crippen molar-refractivity contribution >= 4 is 17.3 Å². The second kappa shape index (κ2) is 5.73. The summed E-state index contributed by atoms with van der Waals surface area (Å²) in [5.41, 5.74) is 3.20. The van der Waals surface area contributed by atoms with E-state index in [-0.39, 0.29) is 12.6 Å². The molecule has 0 saturated carbocycles. The summed E-state index contributed by atoms with van der Waals surface area (Å²) in [4.78, 5) is 0. The van der Waals surface area contributed by atoms with Crippen LogP contribution in [0.15, 0.2) is 42.5 Å². The van der Waals surface area contributed by atoms with Crippen molar-refractivity contribution in [2.45, 2.75) is 12.5 Å². The van der Waals surface area contributed by atoms with Crippen LogP contribution in [0.4, 0.5) is 5.69 Å². The molecule has 1 aliphatic rings. The second-order valence-corrected chi connectivity index (χ2v) is 5.29. The minimum Gasteiger partial charge on any atom is -0.493 e. The number of nitrogens with one attached hydrogen (secondary N) is 1. The quantitative estimate of drug-likeness (QED) is 0.906. The lowest BCUT2D eigenvalue weighted by Crippen LogP contribution is -2.14. The zero-order valence-electron chi connectivity index (χ0n) is 11.0. The van der Waals surface area contributed by atoms with Gasteiger partial charge in [0, 0.05) is 17.1 Å². The summed E-state index contributed by atoms with van der Waals surface area (Å²) in [7, 11) is 0. The SMILES string of the molecule is OCC(Nc1ccc(Cl)cc1)c1ccc2c(c1)CCO2. The fourth-order valence-corrected chi connectivity index (χ4v) is 2.53. The average Bonchev–Trinajstić information content (AvgIpc) is 2.94. The number of ether oxygens (including phenoxy) is 1. The van der Waals surface area contributed by atoms with Crippen LogP contribution in [0.3, 0.4) is 0 Å². The maximum atomic E-state index is 9.62. The number of fused-ring (bicyclic) bond motifs is 1. The minimum absolute atomic E-state index is 0.0300. The van der Waals surface area contributed by atoms with Crippen molar-refractivity contribution in [3.63, 3.8) is 0 Å². The number of hydrogen-bond donors (Lipinski definition) is 2. The van der Waals surface area contributed by atoms with Crippen LogP contribution < -0.4 is 10.1 Å². The number of hydrogen-bond acceptors (Lipinski definition) is 3. The van der Waals surface area contributed by atoms with Gasteiger partial charge < -0.3 is 15.2 Å². The molecule has 0 radical (unpaired) electrons. The van der Waals surface area contributed by atoms with Crippen LogP contribution in [0.5, 0.6) is 5.75 Å². The molecule has 1 heterocycles. The first kappa shape index (κ1) is 13.3. The molecule has 20 heavy (non-hydrogen) atoms. The van der Waals surface area contributed by atoms with E-state index >= 15 is 0 Å². The molecule has 2 N–H and O–H groups in total. The zero-order chi connectivity index (χ0) is 13.9. The van der Waals surface area contributed by atoms with E-state index in [4.69, 9.17) is 16.3 Å². The number of halogens is 1. The third kappa shape index (κ3) is 2.74. The molecule has 0 bridgehead atoms. The number of anilines is 1. The zero-order valence-corrected chi connectivity index (χ0v) is 11.7. The van der Waals surface area contributed by atoms with Crippen molar-refractivity contribution in [3.05, 3.63) is 58.6 Å². The summed E-state index contributed by atoms with van der Waals surface area (Å²) in [5.74, 6) is 0.955. The molecule has 4 heteroatoms. The lowest BCUT2D eigenvalue weighted by atomic mass is 10.0. The summed E-state index contributed by atoms with van der Waals surface area (Å²) >= 11 is 5.87. The van der Waals surface area contributed by atoms with E-state index in [1.54, 1.807) is 0 Å². The monoisotopic (exact) mass is 289 g/mol. The van der Waals surface area contributed by atoms with Gasteiger partial charge in [-0.15, -0.1) is 0 Å². The van der Waals surface area contributed by atoms with E-state index in [1.807, 2.05) is 36.4 Å². The highest BCUT2D eigenvalue weighted by atomic mass is 35.5. The Labute approximate surface area is 123 Å². The first-order valence-corrected chi connectivity index (χ1v) is 7.02. The van der Waals surface area contributed by atoms with Gasteiger partial charge in [-0.1, -0.05) is 17.7 Å². The molecule has 0 aromatic heterocycles. The van der Waals surface area contributed by atoms with Gasteiger partial charge in [-0.3, -0.25) is 0 Å². The maximum absolute atomic E-state index is 9.62. The molecule has 1 aliphatic heterocycles. The highest BCUT2D eigenvalue weighted by molar-refractivity contribution is 6.30. The topological polar surface area (TPSA) is 41.5 Å². The van der Waals surface area contributed by atoms with Crippen LogP contribution in [-0.2, 0) is 6.42 Å². The van der Waals surface area contributed by atoms with Gasteiger partial charge in [0.05, 0.1) is 19.3 Å². The highest BCUT2D eigenvalue weighted by Gasteiger charge is 2.16. The molecule has 0 fully saturated rings. The summed E-state index contributed by atoms with van der Waals surface area (Å²) in [6.45, 7) is 0.773. The molecule has 0 spiro atoms. The van der Waals surface area contributed by atoms with Gasteiger partial charge in [-0.25, -0.2) is 0 Å². The number of rotatable bonds is 4. The van der Waals surface area contributed by atoms with Gasteiger partial charge in [0.2, 0.25) is 0 Å². The normalized spacial score (nSPS) is 14.5. The highest BCUT2D eigenvalue weighted by Crippen LogP contribution is 2.29. The van der Waals surface area contributed by atoms with Crippen molar-refractivity contribution < 1.29 is 9.84 Å². The van der Waals surface area contributed by atoms with Gasteiger partial charge in [0.1, 0.15) is 5.75 Å². The Bertz CT molecular complexity index is 598. The van der Waals surface area contributed by atoms with Crippen LogP contribution in [0, 0.1) is 0 Å². The number of aliphatic hydroxyl groups excluding tert-OH is 1. The Hall–Kier alpha value is -1.71. The maximum Gasteiger partial charge on any atom is 0.122 e. The largest absolute Gasteiger partial charge is 0.493 e. The van der Waals surface area contributed by atoms with Crippen LogP contribution in [0.2, 0.25) is 5.02 Å². The van der Waals surface area contributed by atoms with E-state index in [0.717, 1.165) is 30.0 Å². The lowest BCUT2D eigenvalue weighted by molar-refractivity contribution is 0.276. The van der Waals surface area contributed by atoms with E-state index < -0.39 is 0 Å². The Balaban J connectivity index is 1.81. The molecule has 2 aromatic carbocycles. The van der Waals surface area contributed by atoms with Crippen molar-refractivity contribution in [3.8, 4) is 5.75 Å². The van der Waals surface area contributed by atoms with E-state index in [1.165, 1.54) is 5.56 Å². The standard InChI is InChI=1S/C16H16ClNO2/c17-13-2-4-14(5-3-13)18-15(10-19)11-1-6-16-12(9-11)7-8-20-16/h1-6,9,15,18-19H,7-8,10H2. The van der Waals surface area contributed by atoms with Crippen molar-refractivity contribution in [1.29, 1.82) is 0 Å². The molecular formula is C16H16ClNO2. The Morgan fingerprint density at radius 2 is 2.00 bits per heavy atom. The summed E-state index contributed by atoms with van der Waals surface area (Å²) in [6, 6.07) is 13.4. The molecule has 3 rings (SSSR count). The molecule has 104 valence electrons. The fourth-order valence-electron chi connectivity index (χ4n) is 2.40. The molecule has 3 nitrogen and oxygen atoms in total. The average molecular weight is 290 g/mol. The number of benzene rings is 2.